The van der Waals surface area contributed by atoms with E-state index in [-0.39, 0.29) is 0 Å². The van der Waals surface area contributed by atoms with E-state index in [0.717, 1.165) is 45.1 Å². The first-order valence-electron chi connectivity index (χ1n) is 8.83. The highest BCUT2D eigenvalue weighted by molar-refractivity contribution is 5.49. The Morgan fingerprint density at radius 1 is 0.800 bits per heavy atom. The largest absolute Gasteiger partial charge is 0.508 e. The lowest BCUT2D eigenvalue weighted by Gasteiger charge is -2.36. The van der Waals surface area contributed by atoms with Crippen molar-refractivity contribution in [2.75, 3.05) is 57.4 Å². The van der Waals surface area contributed by atoms with Gasteiger partial charge in [0.25, 0.3) is 0 Å². The third-order valence-electron chi connectivity index (χ3n) is 4.38. The van der Waals surface area contributed by atoms with E-state index in [1.54, 1.807) is 12.1 Å². The minimum atomic E-state index is 0.316. The highest BCUT2D eigenvalue weighted by Crippen LogP contribution is 2.19. The molecule has 0 amide bonds. The zero-order chi connectivity index (χ0) is 17.3. The van der Waals surface area contributed by atoms with Crippen molar-refractivity contribution in [3.8, 4) is 11.5 Å². The maximum absolute atomic E-state index is 9.37. The van der Waals surface area contributed by atoms with Gasteiger partial charge >= 0.3 is 0 Å². The molecule has 25 heavy (non-hydrogen) atoms. The van der Waals surface area contributed by atoms with Crippen LogP contribution in [0.1, 0.15) is 0 Å². The molecular weight excluding hydrogens is 316 g/mol. The van der Waals surface area contributed by atoms with E-state index in [1.807, 2.05) is 42.5 Å². The van der Waals surface area contributed by atoms with Gasteiger partial charge in [-0.15, -0.1) is 0 Å². The quantitative estimate of drug-likeness (QED) is 0.747. The third-order valence-corrected chi connectivity index (χ3v) is 4.38. The van der Waals surface area contributed by atoms with Gasteiger partial charge in [-0.2, -0.15) is 0 Å². The molecule has 5 nitrogen and oxygen atoms in total. The van der Waals surface area contributed by atoms with Gasteiger partial charge in [-0.3, -0.25) is 4.90 Å². The molecule has 1 N–H and O–H groups in total. The molecule has 1 aliphatic rings. The number of phenols is 1. The molecular formula is C20H26N2O3. The molecule has 0 spiro atoms. The van der Waals surface area contributed by atoms with E-state index < -0.39 is 0 Å². The second kappa shape index (κ2) is 9.30. The number of hydrogen-bond acceptors (Lipinski definition) is 5. The fourth-order valence-corrected chi connectivity index (χ4v) is 2.92. The lowest BCUT2D eigenvalue weighted by Crippen LogP contribution is -2.47. The van der Waals surface area contributed by atoms with E-state index >= 15 is 0 Å². The maximum atomic E-state index is 9.37. The summed E-state index contributed by atoms with van der Waals surface area (Å²) >= 11 is 0. The average Bonchev–Trinajstić information content (AvgIpc) is 2.67. The Balaban J connectivity index is 1.26. The van der Waals surface area contributed by atoms with Crippen molar-refractivity contribution in [2.24, 2.45) is 0 Å². The Morgan fingerprint density at radius 3 is 2.24 bits per heavy atom. The summed E-state index contributed by atoms with van der Waals surface area (Å²) in [6.07, 6.45) is 0. The number of hydrogen-bond donors (Lipinski definition) is 1. The minimum absolute atomic E-state index is 0.316. The Kier molecular flexibility index (Phi) is 6.54. The number of anilines is 1. The molecule has 0 radical (unpaired) electrons. The van der Waals surface area contributed by atoms with Gasteiger partial charge in [0.2, 0.25) is 0 Å². The number of rotatable bonds is 8. The fourth-order valence-electron chi connectivity index (χ4n) is 2.92. The first-order valence-corrected chi connectivity index (χ1v) is 8.83. The molecule has 134 valence electrons. The summed E-state index contributed by atoms with van der Waals surface area (Å²) in [7, 11) is 0. The van der Waals surface area contributed by atoms with Crippen LogP contribution in [0.2, 0.25) is 0 Å². The van der Waals surface area contributed by atoms with Gasteiger partial charge in [0.15, 0.2) is 0 Å². The lowest BCUT2D eigenvalue weighted by molar-refractivity contribution is 0.0783. The van der Waals surface area contributed by atoms with E-state index in [0.29, 0.717) is 19.0 Å². The molecule has 1 saturated heterocycles. The van der Waals surface area contributed by atoms with Crippen LogP contribution in [0.25, 0.3) is 0 Å². The van der Waals surface area contributed by atoms with Gasteiger partial charge in [0, 0.05) is 38.4 Å². The second-order valence-electron chi connectivity index (χ2n) is 6.12. The molecule has 0 aliphatic carbocycles. The van der Waals surface area contributed by atoms with Crippen LogP contribution in [0.4, 0.5) is 5.69 Å². The molecule has 0 saturated carbocycles. The van der Waals surface area contributed by atoms with Crippen LogP contribution in [0.5, 0.6) is 11.5 Å². The fraction of sp³-hybridized carbons (Fsp3) is 0.400. The van der Waals surface area contributed by atoms with Crippen molar-refractivity contribution in [1.29, 1.82) is 0 Å². The van der Waals surface area contributed by atoms with Crippen molar-refractivity contribution in [3.63, 3.8) is 0 Å². The highest BCUT2D eigenvalue weighted by Gasteiger charge is 2.16. The van der Waals surface area contributed by atoms with Crippen molar-refractivity contribution in [2.45, 2.75) is 0 Å². The number of phenolic OH excluding ortho intramolecular Hbond substituents is 1. The summed E-state index contributed by atoms with van der Waals surface area (Å²) in [4.78, 5) is 4.78. The number of piperazine rings is 1. The summed E-state index contributed by atoms with van der Waals surface area (Å²) < 4.78 is 11.3. The number of para-hydroxylation sites is 1. The van der Waals surface area contributed by atoms with Crippen LogP contribution in [-0.2, 0) is 4.74 Å². The molecule has 0 unspecified atom stereocenters. The predicted molar refractivity (Wildman–Crippen MR) is 99.5 cm³/mol. The molecule has 5 heteroatoms. The Hall–Kier alpha value is -2.24. The van der Waals surface area contributed by atoms with Gasteiger partial charge in [0.1, 0.15) is 18.1 Å². The SMILES string of the molecule is Oc1ccc(N2CCN(CCOCCOc3ccccc3)CC2)cc1. The number of benzene rings is 2. The number of aromatic hydroxyl groups is 1. The van der Waals surface area contributed by atoms with Crippen LogP contribution in [0, 0.1) is 0 Å². The van der Waals surface area contributed by atoms with Gasteiger partial charge in [-0.05, 0) is 36.4 Å². The summed E-state index contributed by atoms with van der Waals surface area (Å²) in [6, 6.07) is 17.2. The van der Waals surface area contributed by atoms with E-state index in [1.165, 1.54) is 5.69 Å². The molecule has 3 rings (SSSR count). The van der Waals surface area contributed by atoms with E-state index in [2.05, 4.69) is 9.80 Å². The number of nitrogens with zero attached hydrogens (tertiary/aromatic N) is 2. The van der Waals surface area contributed by atoms with Crippen LogP contribution >= 0.6 is 0 Å². The van der Waals surface area contributed by atoms with Crippen LogP contribution in [0.15, 0.2) is 54.6 Å². The number of ether oxygens (including phenoxy) is 2. The normalized spacial score (nSPS) is 15.3. The molecule has 0 atom stereocenters. The predicted octanol–water partition coefficient (Wildman–Crippen LogP) is 2.61. The van der Waals surface area contributed by atoms with Crippen molar-refractivity contribution in [3.05, 3.63) is 54.6 Å². The Labute approximate surface area is 149 Å². The molecule has 1 fully saturated rings. The first kappa shape index (κ1) is 17.6. The molecule has 1 heterocycles. The van der Waals surface area contributed by atoms with Crippen LogP contribution < -0.4 is 9.64 Å². The van der Waals surface area contributed by atoms with Crippen molar-refractivity contribution in [1.82, 2.24) is 4.90 Å². The maximum Gasteiger partial charge on any atom is 0.119 e. The summed E-state index contributed by atoms with van der Waals surface area (Å²) in [5.41, 5.74) is 1.17. The zero-order valence-corrected chi connectivity index (χ0v) is 14.5. The van der Waals surface area contributed by atoms with Gasteiger partial charge < -0.3 is 19.5 Å². The third kappa shape index (κ3) is 5.66. The standard InChI is InChI=1S/C20H26N2O3/c23-19-8-6-18(7-9-19)22-12-10-21(11-13-22)14-15-24-16-17-25-20-4-2-1-3-5-20/h1-9,23H,10-17H2. The Bertz CT molecular complexity index is 611. The summed E-state index contributed by atoms with van der Waals surface area (Å²) in [6.45, 7) is 6.95. The zero-order valence-electron chi connectivity index (χ0n) is 14.5. The summed E-state index contributed by atoms with van der Waals surface area (Å²) in [5.74, 6) is 1.20. The molecule has 1 aliphatic heterocycles. The van der Waals surface area contributed by atoms with E-state index in [4.69, 9.17) is 9.47 Å². The second-order valence-corrected chi connectivity index (χ2v) is 6.12. The summed E-state index contributed by atoms with van der Waals surface area (Å²) in [5, 5.41) is 9.37. The van der Waals surface area contributed by atoms with Gasteiger partial charge in [-0.1, -0.05) is 18.2 Å². The first-order chi connectivity index (χ1) is 12.3. The smallest absolute Gasteiger partial charge is 0.119 e. The monoisotopic (exact) mass is 342 g/mol. The minimum Gasteiger partial charge on any atom is -0.508 e. The molecule has 2 aromatic rings. The van der Waals surface area contributed by atoms with E-state index in [9.17, 15) is 5.11 Å². The topological polar surface area (TPSA) is 45.2 Å². The van der Waals surface area contributed by atoms with Crippen molar-refractivity contribution >= 4 is 5.69 Å². The van der Waals surface area contributed by atoms with Gasteiger partial charge in [0.05, 0.1) is 13.2 Å². The molecule has 0 aromatic heterocycles. The van der Waals surface area contributed by atoms with Gasteiger partial charge in [-0.25, -0.2) is 0 Å². The van der Waals surface area contributed by atoms with Crippen LogP contribution in [0.3, 0.4) is 0 Å². The highest BCUT2D eigenvalue weighted by atomic mass is 16.5. The van der Waals surface area contributed by atoms with Crippen molar-refractivity contribution < 1.29 is 14.6 Å². The average molecular weight is 342 g/mol. The Morgan fingerprint density at radius 2 is 1.52 bits per heavy atom. The van der Waals surface area contributed by atoms with Crippen LogP contribution in [-0.4, -0.2) is 62.6 Å². The molecule has 0 bridgehead atoms. The lowest BCUT2D eigenvalue weighted by atomic mass is 10.2. The molecule has 2 aromatic carbocycles.